The number of carbonyl (C=O) groups excluding carboxylic acids is 1. The van der Waals surface area contributed by atoms with Crippen molar-refractivity contribution in [1.82, 2.24) is 0 Å². The largest absolute Gasteiger partial charge is 0.497 e. The number of hydrogen-bond donors (Lipinski definition) is 0. The predicted molar refractivity (Wildman–Crippen MR) is 122 cm³/mol. The van der Waals surface area contributed by atoms with Crippen LogP contribution in [-0.4, -0.2) is 32.2 Å². The van der Waals surface area contributed by atoms with Crippen molar-refractivity contribution in [2.45, 2.75) is 6.92 Å². The monoisotopic (exact) mass is 447 g/mol. The molecule has 0 radical (unpaired) electrons. The van der Waals surface area contributed by atoms with E-state index in [9.17, 15) is 9.18 Å². The summed E-state index contributed by atoms with van der Waals surface area (Å²) in [7, 11) is 1.60. The molecule has 0 atom stereocenters. The average Bonchev–Trinajstić information content (AvgIpc) is 3.18. The van der Waals surface area contributed by atoms with Gasteiger partial charge in [-0.1, -0.05) is 29.8 Å². The average molecular weight is 447 g/mol. The third-order valence-electron chi connectivity index (χ3n) is 4.83. The third-order valence-corrected chi connectivity index (χ3v) is 4.83. The Morgan fingerprint density at radius 2 is 1.76 bits per heavy atom. The molecule has 0 unspecified atom stereocenters. The first-order valence-corrected chi connectivity index (χ1v) is 10.3. The van der Waals surface area contributed by atoms with Gasteiger partial charge in [-0.3, -0.25) is 0 Å². The summed E-state index contributed by atoms with van der Waals surface area (Å²) in [4.78, 5) is 16.5. The fraction of sp³-hybridized carbons (Fsp3) is 0.154. The van der Waals surface area contributed by atoms with Crippen LogP contribution in [0.15, 0.2) is 77.4 Å². The Bertz CT molecular complexity index is 1230. The molecule has 0 aliphatic carbocycles. The molecule has 0 saturated carbocycles. The molecule has 4 rings (SSSR count). The number of aliphatic imine (C=N–C) groups is 1. The SMILES string of the molecule is COc1cccc(OCCOc2ccc(C)cc2/C=C2/N=C(c3ccccc3F)OC2=O)c1. The van der Waals surface area contributed by atoms with Crippen LogP contribution < -0.4 is 14.2 Å². The van der Waals surface area contributed by atoms with Crippen LogP contribution in [0.4, 0.5) is 4.39 Å². The maximum atomic E-state index is 14.0. The van der Waals surface area contributed by atoms with E-state index in [0.717, 1.165) is 5.56 Å². The predicted octanol–water partition coefficient (Wildman–Crippen LogP) is 4.95. The number of rotatable bonds is 8. The summed E-state index contributed by atoms with van der Waals surface area (Å²) in [5, 5.41) is 0. The molecule has 3 aromatic carbocycles. The summed E-state index contributed by atoms with van der Waals surface area (Å²) in [5.74, 6) is 0.714. The molecule has 1 aliphatic heterocycles. The standard InChI is InChI=1S/C26H22FNO5/c1-17-10-11-24(32-13-12-31-20-7-5-6-19(16-20)30-2)18(14-17)15-23-26(29)33-25(28-23)21-8-3-4-9-22(21)27/h3-11,14-16H,12-13H2,1-2H3/b23-15+. The molecule has 1 aliphatic rings. The van der Waals surface area contributed by atoms with Crippen LogP contribution in [0.5, 0.6) is 17.2 Å². The van der Waals surface area contributed by atoms with Crippen LogP contribution in [0, 0.1) is 12.7 Å². The van der Waals surface area contributed by atoms with E-state index in [2.05, 4.69) is 4.99 Å². The smallest absolute Gasteiger partial charge is 0.363 e. The molecule has 0 amide bonds. The lowest BCUT2D eigenvalue weighted by atomic mass is 10.1. The Balaban J connectivity index is 1.48. The quantitative estimate of drug-likeness (QED) is 0.278. The van der Waals surface area contributed by atoms with Crippen LogP contribution >= 0.6 is 0 Å². The van der Waals surface area contributed by atoms with Crippen LogP contribution in [-0.2, 0) is 9.53 Å². The van der Waals surface area contributed by atoms with Crippen LogP contribution in [0.3, 0.4) is 0 Å². The van der Waals surface area contributed by atoms with E-state index in [-0.39, 0.29) is 23.8 Å². The molecule has 7 heteroatoms. The highest BCUT2D eigenvalue weighted by Gasteiger charge is 2.26. The number of methoxy groups -OCH3 is 1. The van der Waals surface area contributed by atoms with Crippen molar-refractivity contribution in [3.63, 3.8) is 0 Å². The lowest BCUT2D eigenvalue weighted by molar-refractivity contribution is -0.129. The number of esters is 1. The molecule has 0 spiro atoms. The molecular weight excluding hydrogens is 425 g/mol. The van der Waals surface area contributed by atoms with Crippen molar-refractivity contribution in [3.8, 4) is 17.2 Å². The Kier molecular flexibility index (Phi) is 6.69. The molecule has 0 bridgehead atoms. The zero-order chi connectivity index (χ0) is 23.2. The van der Waals surface area contributed by atoms with Crippen molar-refractivity contribution in [3.05, 3.63) is 94.9 Å². The molecular formula is C26H22FNO5. The number of aryl methyl sites for hydroxylation is 1. The van der Waals surface area contributed by atoms with Crippen molar-refractivity contribution in [2.75, 3.05) is 20.3 Å². The van der Waals surface area contributed by atoms with Gasteiger partial charge in [-0.25, -0.2) is 14.2 Å². The van der Waals surface area contributed by atoms with E-state index in [1.54, 1.807) is 31.4 Å². The summed E-state index contributed by atoms with van der Waals surface area (Å²) < 4.78 is 36.0. The molecule has 1 heterocycles. The van der Waals surface area contributed by atoms with E-state index in [1.165, 1.54) is 12.1 Å². The highest BCUT2D eigenvalue weighted by atomic mass is 19.1. The van der Waals surface area contributed by atoms with E-state index in [1.807, 2.05) is 43.3 Å². The van der Waals surface area contributed by atoms with Gasteiger partial charge in [0, 0.05) is 11.6 Å². The fourth-order valence-electron chi connectivity index (χ4n) is 3.22. The van der Waals surface area contributed by atoms with Gasteiger partial charge in [0.15, 0.2) is 5.70 Å². The van der Waals surface area contributed by atoms with Crippen LogP contribution in [0.2, 0.25) is 0 Å². The maximum Gasteiger partial charge on any atom is 0.363 e. The van der Waals surface area contributed by atoms with Crippen molar-refractivity contribution in [2.24, 2.45) is 4.99 Å². The van der Waals surface area contributed by atoms with Crippen molar-refractivity contribution in [1.29, 1.82) is 0 Å². The Labute approximate surface area is 190 Å². The number of hydrogen-bond acceptors (Lipinski definition) is 6. The number of ether oxygens (including phenoxy) is 4. The zero-order valence-corrected chi connectivity index (χ0v) is 18.2. The Morgan fingerprint density at radius 3 is 2.58 bits per heavy atom. The van der Waals surface area contributed by atoms with E-state index >= 15 is 0 Å². The second kappa shape index (κ2) is 9.99. The van der Waals surface area contributed by atoms with Gasteiger partial charge in [-0.05, 0) is 49.4 Å². The lowest BCUT2D eigenvalue weighted by Crippen LogP contribution is -2.10. The van der Waals surface area contributed by atoms with Gasteiger partial charge < -0.3 is 18.9 Å². The van der Waals surface area contributed by atoms with Gasteiger partial charge in [-0.15, -0.1) is 0 Å². The molecule has 3 aromatic rings. The molecule has 0 aromatic heterocycles. The minimum absolute atomic E-state index is 0.0637. The highest BCUT2D eigenvalue weighted by molar-refractivity contribution is 6.13. The Hall–Kier alpha value is -4.13. The summed E-state index contributed by atoms with van der Waals surface area (Å²) in [6.07, 6.45) is 1.57. The van der Waals surface area contributed by atoms with Crippen LogP contribution in [0.25, 0.3) is 6.08 Å². The van der Waals surface area contributed by atoms with Crippen LogP contribution in [0.1, 0.15) is 16.7 Å². The number of cyclic esters (lactones) is 1. The molecule has 33 heavy (non-hydrogen) atoms. The first-order valence-electron chi connectivity index (χ1n) is 10.3. The summed E-state index contributed by atoms with van der Waals surface area (Å²) >= 11 is 0. The first-order chi connectivity index (χ1) is 16.0. The number of nitrogens with zero attached hydrogens (tertiary/aromatic N) is 1. The molecule has 0 fully saturated rings. The second-order valence-corrected chi connectivity index (χ2v) is 7.23. The molecule has 6 nitrogen and oxygen atoms in total. The molecule has 0 N–H and O–H groups in total. The van der Waals surface area contributed by atoms with Gasteiger partial charge in [0.1, 0.15) is 36.3 Å². The van der Waals surface area contributed by atoms with Gasteiger partial charge >= 0.3 is 5.97 Å². The number of benzene rings is 3. The first kappa shape index (κ1) is 22.1. The second-order valence-electron chi connectivity index (χ2n) is 7.23. The van der Waals surface area contributed by atoms with Gasteiger partial charge in [0.05, 0.1) is 12.7 Å². The summed E-state index contributed by atoms with van der Waals surface area (Å²) in [5.41, 5.74) is 1.83. The van der Waals surface area contributed by atoms with Gasteiger partial charge in [-0.2, -0.15) is 0 Å². The highest BCUT2D eigenvalue weighted by Crippen LogP contribution is 2.26. The minimum atomic E-state index is -0.651. The van der Waals surface area contributed by atoms with Gasteiger partial charge in [0.2, 0.25) is 5.90 Å². The van der Waals surface area contributed by atoms with E-state index in [0.29, 0.717) is 29.4 Å². The fourth-order valence-corrected chi connectivity index (χ4v) is 3.22. The Morgan fingerprint density at radius 1 is 0.970 bits per heavy atom. The maximum absolute atomic E-state index is 14.0. The number of carbonyl (C=O) groups is 1. The zero-order valence-electron chi connectivity index (χ0n) is 18.2. The normalized spacial score (nSPS) is 14.1. The van der Waals surface area contributed by atoms with Gasteiger partial charge in [0.25, 0.3) is 0 Å². The molecule has 0 saturated heterocycles. The summed E-state index contributed by atoms with van der Waals surface area (Å²) in [6.45, 7) is 2.53. The summed E-state index contributed by atoms with van der Waals surface area (Å²) in [6, 6.07) is 18.9. The number of halogens is 1. The minimum Gasteiger partial charge on any atom is -0.497 e. The van der Waals surface area contributed by atoms with Crippen molar-refractivity contribution >= 4 is 17.9 Å². The van der Waals surface area contributed by atoms with E-state index in [4.69, 9.17) is 18.9 Å². The topological polar surface area (TPSA) is 66.3 Å². The third kappa shape index (κ3) is 5.38. The van der Waals surface area contributed by atoms with Crippen molar-refractivity contribution < 1.29 is 28.1 Å². The lowest BCUT2D eigenvalue weighted by Gasteiger charge is -2.12. The molecule has 168 valence electrons. The van der Waals surface area contributed by atoms with E-state index < -0.39 is 11.8 Å².